The molecule has 168 valence electrons. The number of aryl methyl sites for hydroxylation is 1. The first-order valence-electron chi connectivity index (χ1n) is 10.6. The van der Waals surface area contributed by atoms with Crippen LogP contribution in [-0.2, 0) is 22.5 Å². The van der Waals surface area contributed by atoms with Crippen LogP contribution in [0.25, 0.3) is 21.3 Å². The van der Waals surface area contributed by atoms with Crippen molar-refractivity contribution in [2.75, 3.05) is 11.9 Å². The van der Waals surface area contributed by atoms with Gasteiger partial charge >= 0.3 is 5.97 Å². The highest BCUT2D eigenvalue weighted by molar-refractivity contribution is 7.17. The van der Waals surface area contributed by atoms with Gasteiger partial charge in [0, 0.05) is 16.6 Å². The Kier molecular flexibility index (Phi) is 6.65. The summed E-state index contributed by atoms with van der Waals surface area (Å²) in [6.45, 7) is 3.89. The van der Waals surface area contributed by atoms with Crippen molar-refractivity contribution in [3.63, 3.8) is 0 Å². The third kappa shape index (κ3) is 4.85. The Labute approximate surface area is 194 Å². The number of aromatic nitrogens is 2. The second kappa shape index (κ2) is 9.79. The minimum Gasteiger partial charge on any atom is -0.462 e. The number of carbonyl (C=O) groups is 2. The summed E-state index contributed by atoms with van der Waals surface area (Å²) in [6.07, 6.45) is 2.33. The number of rotatable bonds is 7. The first-order valence-corrected chi connectivity index (χ1v) is 11.5. The van der Waals surface area contributed by atoms with Gasteiger partial charge in [0.2, 0.25) is 5.91 Å². The fraction of sp³-hybridized carbons (Fsp3) is 0.200. The molecule has 0 unspecified atom stereocenters. The molecule has 0 aliphatic carbocycles. The zero-order valence-electron chi connectivity index (χ0n) is 18.3. The summed E-state index contributed by atoms with van der Waals surface area (Å²) in [5.41, 5.74) is 3.48. The van der Waals surface area contributed by atoms with Gasteiger partial charge in [-0.2, -0.15) is 0 Å². The highest BCUT2D eigenvalue weighted by Crippen LogP contribution is 2.30. The molecule has 0 bridgehead atoms. The van der Waals surface area contributed by atoms with Crippen LogP contribution in [0.1, 0.15) is 29.8 Å². The van der Waals surface area contributed by atoms with Gasteiger partial charge in [0.1, 0.15) is 11.4 Å². The van der Waals surface area contributed by atoms with E-state index in [0.717, 1.165) is 17.5 Å². The van der Waals surface area contributed by atoms with Crippen molar-refractivity contribution in [2.45, 2.75) is 26.8 Å². The van der Waals surface area contributed by atoms with E-state index in [0.29, 0.717) is 21.5 Å². The molecule has 4 rings (SSSR count). The fourth-order valence-electron chi connectivity index (χ4n) is 3.51. The molecule has 0 saturated carbocycles. The molecule has 2 heterocycles. The molecule has 1 amide bonds. The van der Waals surface area contributed by atoms with Crippen LogP contribution < -0.4 is 10.9 Å². The summed E-state index contributed by atoms with van der Waals surface area (Å²) in [6, 6.07) is 14.6. The molecular weight excluding hydrogens is 438 g/mol. The molecule has 8 heteroatoms. The maximum absolute atomic E-state index is 13.2. The Morgan fingerprint density at radius 1 is 1.12 bits per heavy atom. The number of hydrogen-bond donors (Lipinski definition) is 1. The zero-order valence-corrected chi connectivity index (χ0v) is 19.1. The second-order valence-electron chi connectivity index (χ2n) is 7.41. The lowest BCUT2D eigenvalue weighted by molar-refractivity contribution is -0.116. The van der Waals surface area contributed by atoms with Crippen molar-refractivity contribution in [3.8, 4) is 11.1 Å². The van der Waals surface area contributed by atoms with Crippen LogP contribution in [0.4, 0.5) is 5.69 Å². The second-order valence-corrected chi connectivity index (χ2v) is 8.27. The lowest BCUT2D eigenvalue weighted by Crippen LogP contribution is -2.27. The summed E-state index contributed by atoms with van der Waals surface area (Å²) >= 11 is 1.40. The Morgan fingerprint density at radius 2 is 1.91 bits per heavy atom. The van der Waals surface area contributed by atoms with Crippen molar-refractivity contribution >= 4 is 39.1 Å². The largest absolute Gasteiger partial charge is 0.462 e. The van der Waals surface area contributed by atoms with E-state index in [9.17, 15) is 14.4 Å². The topological polar surface area (TPSA) is 90.3 Å². The lowest BCUT2D eigenvalue weighted by atomic mass is 10.0. The minimum absolute atomic E-state index is 0.199. The molecule has 0 spiro atoms. The molecule has 0 aliphatic heterocycles. The average Bonchev–Trinajstić information content (AvgIpc) is 3.26. The average molecular weight is 462 g/mol. The molecule has 2 aromatic carbocycles. The van der Waals surface area contributed by atoms with Crippen molar-refractivity contribution in [2.24, 2.45) is 0 Å². The molecule has 4 aromatic rings. The lowest BCUT2D eigenvalue weighted by Gasteiger charge is -2.09. The summed E-state index contributed by atoms with van der Waals surface area (Å²) in [4.78, 5) is 42.8. The van der Waals surface area contributed by atoms with E-state index in [-0.39, 0.29) is 18.7 Å². The van der Waals surface area contributed by atoms with E-state index in [1.54, 1.807) is 25.1 Å². The number of benzene rings is 2. The smallest absolute Gasteiger partial charge is 0.338 e. The molecule has 0 fully saturated rings. The number of anilines is 1. The van der Waals surface area contributed by atoms with E-state index in [2.05, 4.69) is 17.2 Å². The molecule has 33 heavy (non-hydrogen) atoms. The van der Waals surface area contributed by atoms with E-state index in [1.165, 1.54) is 33.9 Å². The predicted molar refractivity (Wildman–Crippen MR) is 130 cm³/mol. The van der Waals surface area contributed by atoms with E-state index >= 15 is 0 Å². The van der Waals surface area contributed by atoms with Gasteiger partial charge in [-0.25, -0.2) is 9.78 Å². The molecule has 7 nitrogen and oxygen atoms in total. The number of thiophene rings is 1. The molecule has 0 aliphatic rings. The van der Waals surface area contributed by atoms with Crippen molar-refractivity contribution in [1.29, 1.82) is 0 Å². The number of amides is 1. The molecule has 0 radical (unpaired) electrons. The van der Waals surface area contributed by atoms with Crippen molar-refractivity contribution < 1.29 is 14.3 Å². The summed E-state index contributed by atoms with van der Waals surface area (Å²) in [5.74, 6) is -0.861. The number of fused-ring (bicyclic) bond motifs is 1. The van der Waals surface area contributed by atoms with Crippen LogP contribution in [0.3, 0.4) is 0 Å². The van der Waals surface area contributed by atoms with E-state index in [1.807, 2.05) is 29.6 Å². The highest BCUT2D eigenvalue weighted by Gasteiger charge is 2.15. The van der Waals surface area contributed by atoms with Crippen LogP contribution in [0.5, 0.6) is 0 Å². The number of nitrogens with zero attached hydrogens (tertiary/aromatic N) is 2. The Balaban J connectivity index is 1.57. The molecular formula is C25H23N3O4S. The number of nitrogens with one attached hydrogen (secondary N) is 1. The van der Waals surface area contributed by atoms with Crippen LogP contribution >= 0.6 is 11.3 Å². The van der Waals surface area contributed by atoms with Gasteiger partial charge in [-0.15, -0.1) is 11.3 Å². The summed E-state index contributed by atoms with van der Waals surface area (Å²) < 4.78 is 6.28. The number of esters is 1. The monoisotopic (exact) mass is 461 g/mol. The SMILES string of the molecule is CCOC(=O)c1cccc(NC(=O)Cn2cnc3scc(-c4ccc(CC)cc4)c3c2=O)c1. The van der Waals surface area contributed by atoms with Crippen LogP contribution in [0, 0.1) is 0 Å². The molecule has 2 aromatic heterocycles. The summed E-state index contributed by atoms with van der Waals surface area (Å²) in [5, 5.41) is 5.15. The first kappa shape index (κ1) is 22.4. The predicted octanol–water partition coefficient (Wildman–Crippen LogP) is 4.50. The molecule has 0 atom stereocenters. The highest BCUT2D eigenvalue weighted by atomic mass is 32.1. The van der Waals surface area contributed by atoms with Crippen molar-refractivity contribution in [1.82, 2.24) is 9.55 Å². The normalized spacial score (nSPS) is 10.8. The van der Waals surface area contributed by atoms with Crippen LogP contribution in [0.2, 0.25) is 0 Å². The molecule has 0 saturated heterocycles. The van der Waals surface area contributed by atoms with Gasteiger partial charge in [0.25, 0.3) is 5.56 Å². The third-order valence-electron chi connectivity index (χ3n) is 5.21. The Morgan fingerprint density at radius 3 is 2.64 bits per heavy atom. The Hall–Kier alpha value is -3.78. The van der Waals surface area contributed by atoms with Gasteiger partial charge < -0.3 is 10.1 Å². The Bertz CT molecular complexity index is 1370. The maximum atomic E-state index is 13.2. The van der Waals surface area contributed by atoms with E-state index in [4.69, 9.17) is 4.74 Å². The van der Waals surface area contributed by atoms with Crippen LogP contribution in [0.15, 0.2) is 65.0 Å². The van der Waals surface area contributed by atoms with E-state index < -0.39 is 11.9 Å². The van der Waals surface area contributed by atoms with Crippen LogP contribution in [-0.4, -0.2) is 28.0 Å². The van der Waals surface area contributed by atoms with Gasteiger partial charge in [-0.1, -0.05) is 37.3 Å². The summed E-state index contributed by atoms with van der Waals surface area (Å²) in [7, 11) is 0. The van der Waals surface area contributed by atoms with Gasteiger partial charge in [-0.3, -0.25) is 14.2 Å². The fourth-order valence-corrected chi connectivity index (χ4v) is 4.41. The maximum Gasteiger partial charge on any atom is 0.338 e. The molecule has 1 N–H and O–H groups in total. The van der Waals surface area contributed by atoms with Gasteiger partial charge in [-0.05, 0) is 42.7 Å². The minimum atomic E-state index is -0.462. The van der Waals surface area contributed by atoms with Crippen molar-refractivity contribution in [3.05, 3.63) is 81.7 Å². The van der Waals surface area contributed by atoms with Gasteiger partial charge in [0.05, 0.1) is 23.9 Å². The quantitative estimate of drug-likeness (QED) is 0.409. The standard InChI is InChI=1S/C25H23N3O4S/c1-3-16-8-10-17(11-9-16)20-14-33-23-22(20)24(30)28(15-26-23)13-21(29)27-19-7-5-6-18(12-19)25(31)32-4-2/h5-12,14-15H,3-4,13H2,1-2H3,(H,27,29). The number of carbonyl (C=O) groups excluding carboxylic acids is 2. The zero-order chi connectivity index (χ0) is 23.4. The third-order valence-corrected chi connectivity index (χ3v) is 6.09. The number of ether oxygens (including phenoxy) is 1. The first-order chi connectivity index (χ1) is 16.0. The number of hydrogen-bond acceptors (Lipinski definition) is 6. The van der Waals surface area contributed by atoms with Gasteiger partial charge in [0.15, 0.2) is 0 Å².